The van der Waals surface area contributed by atoms with E-state index in [-0.39, 0.29) is 17.7 Å². The maximum absolute atomic E-state index is 12.9. The fourth-order valence-corrected chi connectivity index (χ4v) is 2.27. The molecule has 0 aromatic heterocycles. The number of halogens is 6. The molecule has 27 heavy (non-hydrogen) atoms. The molecule has 0 radical (unpaired) electrons. The van der Waals surface area contributed by atoms with Gasteiger partial charge in [-0.2, -0.15) is 26.3 Å². The molecule has 0 heterocycles. The number of azide groups is 1. The van der Waals surface area contributed by atoms with E-state index in [1.165, 1.54) is 0 Å². The van der Waals surface area contributed by atoms with Gasteiger partial charge in [0.15, 0.2) is 5.11 Å². The van der Waals surface area contributed by atoms with E-state index < -0.39 is 40.6 Å². The van der Waals surface area contributed by atoms with E-state index in [9.17, 15) is 26.3 Å². The van der Waals surface area contributed by atoms with E-state index in [2.05, 4.69) is 20.7 Å². The van der Waals surface area contributed by atoms with E-state index >= 15 is 0 Å². The minimum atomic E-state index is -4.96. The van der Waals surface area contributed by atoms with Gasteiger partial charge in [-0.05, 0) is 41.4 Å². The number of alkyl halides is 6. The zero-order valence-electron chi connectivity index (χ0n) is 14.5. The Morgan fingerprint density at radius 1 is 1.07 bits per heavy atom. The second-order valence-electron chi connectivity index (χ2n) is 6.73. The average Bonchev–Trinajstić information content (AvgIpc) is 2.48. The topological polar surface area (TPSA) is 72.8 Å². The first-order chi connectivity index (χ1) is 12.1. The lowest BCUT2D eigenvalue weighted by Gasteiger charge is -2.31. The lowest BCUT2D eigenvalue weighted by Crippen LogP contribution is -2.47. The van der Waals surface area contributed by atoms with Gasteiger partial charge in [-0.3, -0.25) is 0 Å². The SMILES string of the molecule is CC(C)(C)[C@@H](CN=[N+]=[N-])NC(=S)Nc1cc(C(F)(F)F)cc(C(F)(F)F)c1. The maximum atomic E-state index is 12.9. The third kappa shape index (κ3) is 7.14. The number of anilines is 1. The van der Waals surface area contributed by atoms with Gasteiger partial charge in [-0.25, -0.2) is 0 Å². The van der Waals surface area contributed by atoms with Gasteiger partial charge in [0.2, 0.25) is 0 Å². The van der Waals surface area contributed by atoms with E-state index in [1.807, 2.05) is 0 Å². The minimum Gasteiger partial charge on any atom is -0.359 e. The highest BCUT2D eigenvalue weighted by atomic mass is 32.1. The molecule has 0 spiro atoms. The third-order valence-corrected chi connectivity index (χ3v) is 3.74. The van der Waals surface area contributed by atoms with E-state index in [0.29, 0.717) is 12.1 Å². The summed E-state index contributed by atoms with van der Waals surface area (Å²) in [6.07, 6.45) is -9.91. The summed E-state index contributed by atoms with van der Waals surface area (Å²) in [6.45, 7) is 5.38. The van der Waals surface area contributed by atoms with Crippen molar-refractivity contribution in [3.05, 3.63) is 39.8 Å². The Labute approximate surface area is 156 Å². The van der Waals surface area contributed by atoms with Crippen LogP contribution in [0.5, 0.6) is 0 Å². The molecule has 1 aromatic carbocycles. The van der Waals surface area contributed by atoms with Crippen LogP contribution in [-0.2, 0) is 12.4 Å². The number of hydrogen-bond acceptors (Lipinski definition) is 2. The summed E-state index contributed by atoms with van der Waals surface area (Å²) in [6, 6.07) is 0.591. The maximum Gasteiger partial charge on any atom is 0.416 e. The van der Waals surface area contributed by atoms with E-state index in [1.54, 1.807) is 20.8 Å². The summed E-state index contributed by atoms with van der Waals surface area (Å²) >= 11 is 4.99. The molecular weight excluding hydrogens is 396 g/mol. The highest BCUT2D eigenvalue weighted by molar-refractivity contribution is 7.80. The monoisotopic (exact) mass is 413 g/mol. The second kappa shape index (κ2) is 8.22. The molecule has 0 aliphatic carbocycles. The molecule has 1 rings (SSSR count). The van der Waals surface area contributed by atoms with Crippen molar-refractivity contribution in [3.63, 3.8) is 0 Å². The summed E-state index contributed by atoms with van der Waals surface area (Å²) in [5, 5.41) is 8.31. The first-order valence-electron chi connectivity index (χ1n) is 7.52. The zero-order valence-corrected chi connectivity index (χ0v) is 15.4. The molecule has 1 aromatic rings. The summed E-state index contributed by atoms with van der Waals surface area (Å²) in [5.74, 6) is 0. The van der Waals surface area contributed by atoms with Gasteiger partial charge in [0.05, 0.1) is 11.1 Å². The van der Waals surface area contributed by atoms with Crippen LogP contribution >= 0.6 is 12.2 Å². The molecule has 0 aliphatic heterocycles. The lowest BCUT2D eigenvalue weighted by atomic mass is 9.87. The van der Waals surface area contributed by atoms with E-state index in [4.69, 9.17) is 17.7 Å². The molecule has 1 atom stereocenters. The highest BCUT2D eigenvalue weighted by Crippen LogP contribution is 2.37. The molecule has 0 saturated carbocycles. The molecule has 0 bridgehead atoms. The number of nitrogens with zero attached hydrogens (tertiary/aromatic N) is 3. The third-order valence-electron chi connectivity index (χ3n) is 3.52. The van der Waals surface area contributed by atoms with Gasteiger partial charge in [-0.1, -0.05) is 25.9 Å². The van der Waals surface area contributed by atoms with Crippen LogP contribution in [0, 0.1) is 5.41 Å². The summed E-state index contributed by atoms with van der Waals surface area (Å²) in [5.41, 5.74) is 4.60. The van der Waals surface area contributed by atoms with Crippen LogP contribution in [0.25, 0.3) is 10.4 Å². The quantitative estimate of drug-likeness (QED) is 0.218. The highest BCUT2D eigenvalue weighted by Gasteiger charge is 2.37. The number of thiocarbonyl (C=S) groups is 1. The number of nitrogens with one attached hydrogen (secondary N) is 2. The molecule has 5 nitrogen and oxygen atoms in total. The van der Waals surface area contributed by atoms with Crippen LogP contribution in [0.4, 0.5) is 32.0 Å². The Balaban J connectivity index is 3.12. The number of benzene rings is 1. The number of rotatable bonds is 4. The minimum absolute atomic E-state index is 0.0157. The van der Waals surface area contributed by atoms with Crippen molar-refractivity contribution in [2.75, 3.05) is 11.9 Å². The van der Waals surface area contributed by atoms with Crippen LogP contribution in [0.15, 0.2) is 23.3 Å². The van der Waals surface area contributed by atoms with Crippen LogP contribution in [0.3, 0.4) is 0 Å². The molecule has 0 saturated heterocycles. The molecule has 12 heteroatoms. The Bertz CT molecular complexity index is 699. The summed E-state index contributed by atoms with van der Waals surface area (Å²) in [7, 11) is 0. The van der Waals surface area contributed by atoms with Gasteiger partial charge in [0.25, 0.3) is 0 Å². The van der Waals surface area contributed by atoms with Crippen molar-refractivity contribution < 1.29 is 26.3 Å². The van der Waals surface area contributed by atoms with Crippen LogP contribution in [-0.4, -0.2) is 17.7 Å². The van der Waals surface area contributed by atoms with Gasteiger partial charge >= 0.3 is 12.4 Å². The first-order valence-corrected chi connectivity index (χ1v) is 7.93. The predicted molar refractivity (Wildman–Crippen MR) is 93.1 cm³/mol. The largest absolute Gasteiger partial charge is 0.416 e. The van der Waals surface area contributed by atoms with Crippen LogP contribution in [0.1, 0.15) is 31.9 Å². The van der Waals surface area contributed by atoms with Crippen molar-refractivity contribution in [1.29, 1.82) is 0 Å². The molecule has 2 N–H and O–H groups in total. The Hall–Kier alpha value is -2.20. The fourth-order valence-electron chi connectivity index (χ4n) is 2.01. The predicted octanol–water partition coefficient (Wildman–Crippen LogP) is 5.74. The summed E-state index contributed by atoms with van der Waals surface area (Å²) < 4.78 is 77.3. The lowest BCUT2D eigenvalue weighted by molar-refractivity contribution is -0.143. The Morgan fingerprint density at radius 3 is 1.93 bits per heavy atom. The van der Waals surface area contributed by atoms with Crippen LogP contribution in [0.2, 0.25) is 0 Å². The van der Waals surface area contributed by atoms with Crippen molar-refractivity contribution in [3.8, 4) is 0 Å². The molecule has 150 valence electrons. The van der Waals surface area contributed by atoms with Gasteiger partial charge in [0, 0.05) is 23.2 Å². The zero-order chi connectivity index (χ0) is 21.0. The van der Waals surface area contributed by atoms with Gasteiger partial charge < -0.3 is 10.6 Å². The summed E-state index contributed by atoms with van der Waals surface area (Å²) in [4.78, 5) is 2.63. The van der Waals surface area contributed by atoms with Crippen LogP contribution < -0.4 is 10.6 Å². The normalized spacial score (nSPS) is 13.5. The van der Waals surface area contributed by atoms with Crippen molar-refractivity contribution in [2.24, 2.45) is 10.5 Å². The first kappa shape index (κ1) is 22.8. The molecule has 0 aliphatic rings. The molecule has 0 amide bonds. The fraction of sp³-hybridized carbons (Fsp3) is 0.533. The van der Waals surface area contributed by atoms with Crippen molar-refractivity contribution >= 4 is 23.0 Å². The Morgan fingerprint density at radius 2 is 1.56 bits per heavy atom. The molecule has 0 fully saturated rings. The molecule has 0 unspecified atom stereocenters. The second-order valence-corrected chi connectivity index (χ2v) is 7.13. The Kier molecular flexibility index (Phi) is 6.95. The van der Waals surface area contributed by atoms with Gasteiger partial charge in [-0.15, -0.1) is 0 Å². The van der Waals surface area contributed by atoms with Gasteiger partial charge in [0.1, 0.15) is 0 Å². The van der Waals surface area contributed by atoms with Crippen molar-refractivity contribution in [1.82, 2.24) is 5.32 Å². The van der Waals surface area contributed by atoms with Crippen molar-refractivity contribution in [2.45, 2.75) is 39.2 Å². The van der Waals surface area contributed by atoms with E-state index in [0.717, 1.165) is 0 Å². The molecular formula is C15H17F6N5S. The standard InChI is InChI=1S/C15H17F6N5S/c1-13(2,3)11(7-23-26-22)25-12(27)24-10-5-8(14(16,17)18)4-9(6-10)15(19,20)21/h4-6,11H,7H2,1-3H3,(H2,24,25,27)/t11-/m1/s1. The number of hydrogen-bond donors (Lipinski definition) is 2. The average molecular weight is 413 g/mol. The smallest absolute Gasteiger partial charge is 0.359 e.